The minimum Gasteiger partial charge on any atom is -0.376 e. The van der Waals surface area contributed by atoms with Gasteiger partial charge in [-0.1, -0.05) is 41.9 Å². The van der Waals surface area contributed by atoms with Gasteiger partial charge in [0.25, 0.3) is 0 Å². The van der Waals surface area contributed by atoms with Crippen LogP contribution in [0, 0.1) is 13.8 Å². The van der Waals surface area contributed by atoms with Gasteiger partial charge in [-0.05, 0) is 42.7 Å². The van der Waals surface area contributed by atoms with Crippen LogP contribution >= 0.6 is 11.6 Å². The summed E-state index contributed by atoms with van der Waals surface area (Å²) in [5, 5.41) is 4.14. The molecule has 0 radical (unpaired) electrons. The molecule has 0 aliphatic rings. The van der Waals surface area contributed by atoms with Crippen LogP contribution in [0.3, 0.4) is 0 Å². The molecule has 3 N–H and O–H groups in total. The highest BCUT2D eigenvalue weighted by molar-refractivity contribution is 6.33. The van der Waals surface area contributed by atoms with E-state index in [1.165, 1.54) is 16.7 Å². The van der Waals surface area contributed by atoms with E-state index < -0.39 is 0 Å². The van der Waals surface area contributed by atoms with Gasteiger partial charge >= 0.3 is 0 Å². The van der Waals surface area contributed by atoms with Crippen molar-refractivity contribution in [3.8, 4) is 0 Å². The Morgan fingerprint density at radius 1 is 1.11 bits per heavy atom. The molecule has 0 bridgehead atoms. The van der Waals surface area contributed by atoms with Crippen molar-refractivity contribution in [1.82, 2.24) is 0 Å². The Kier molecular flexibility index (Phi) is 4.46. The van der Waals surface area contributed by atoms with E-state index in [1.807, 2.05) is 24.3 Å². The average Bonchev–Trinajstić information content (AvgIpc) is 2.41. The summed E-state index contributed by atoms with van der Waals surface area (Å²) in [5.41, 5.74) is 10.6. The summed E-state index contributed by atoms with van der Waals surface area (Å²) in [4.78, 5) is 0. The fourth-order valence-electron chi connectivity index (χ4n) is 2.18. The number of halogens is 1. The number of rotatable bonds is 4. The van der Waals surface area contributed by atoms with Crippen molar-refractivity contribution < 1.29 is 0 Å². The number of nitrogens with two attached hydrogens (primary N) is 1. The van der Waals surface area contributed by atoms with E-state index in [4.69, 9.17) is 17.3 Å². The molecule has 0 aliphatic heterocycles. The Bertz CT molecular complexity index is 566. The molecule has 0 saturated carbocycles. The van der Waals surface area contributed by atoms with Crippen LogP contribution in [-0.2, 0) is 0 Å². The molecule has 0 spiro atoms. The summed E-state index contributed by atoms with van der Waals surface area (Å²) in [6, 6.07) is 14.1. The number of aryl methyl sites for hydroxylation is 1. The smallest absolute Gasteiger partial charge is 0.0639 e. The second-order valence-corrected chi connectivity index (χ2v) is 5.11. The van der Waals surface area contributed by atoms with Crippen LogP contribution in [0.25, 0.3) is 0 Å². The van der Waals surface area contributed by atoms with Crippen LogP contribution < -0.4 is 11.1 Å². The Morgan fingerprint density at radius 3 is 2.53 bits per heavy atom. The molecule has 2 aromatic rings. The van der Waals surface area contributed by atoms with E-state index in [9.17, 15) is 0 Å². The fraction of sp³-hybridized carbons (Fsp3) is 0.250. The molecule has 0 aliphatic carbocycles. The summed E-state index contributed by atoms with van der Waals surface area (Å²) in [5.74, 6) is 0. The molecule has 1 unspecified atom stereocenters. The first-order valence-corrected chi connectivity index (χ1v) is 6.78. The molecular weight excluding hydrogens is 256 g/mol. The Hall–Kier alpha value is -1.51. The van der Waals surface area contributed by atoms with E-state index in [0.29, 0.717) is 11.6 Å². The van der Waals surface area contributed by atoms with Crippen molar-refractivity contribution >= 4 is 17.3 Å². The number of benzene rings is 2. The van der Waals surface area contributed by atoms with Gasteiger partial charge in [-0.15, -0.1) is 0 Å². The third-order valence-corrected chi connectivity index (χ3v) is 3.79. The van der Waals surface area contributed by atoms with E-state index in [2.05, 4.69) is 37.4 Å². The first kappa shape index (κ1) is 13.9. The maximum absolute atomic E-state index is 6.18. The summed E-state index contributed by atoms with van der Waals surface area (Å²) in [7, 11) is 0. The van der Waals surface area contributed by atoms with Crippen LogP contribution in [0.4, 0.5) is 5.69 Å². The van der Waals surface area contributed by atoms with Gasteiger partial charge in [0.2, 0.25) is 0 Å². The van der Waals surface area contributed by atoms with Gasteiger partial charge in [0.15, 0.2) is 0 Å². The van der Waals surface area contributed by atoms with E-state index in [1.54, 1.807) is 0 Å². The SMILES string of the molecule is Cc1cccc(C(CN)Nc2ccccc2Cl)c1C. The van der Waals surface area contributed by atoms with Crippen molar-refractivity contribution in [1.29, 1.82) is 0 Å². The molecule has 100 valence electrons. The lowest BCUT2D eigenvalue weighted by atomic mass is 9.97. The minimum atomic E-state index is 0.0693. The molecule has 3 heteroatoms. The van der Waals surface area contributed by atoms with E-state index >= 15 is 0 Å². The number of hydrogen-bond acceptors (Lipinski definition) is 2. The lowest BCUT2D eigenvalue weighted by Gasteiger charge is -2.22. The maximum atomic E-state index is 6.18. The van der Waals surface area contributed by atoms with Gasteiger partial charge in [0, 0.05) is 6.54 Å². The Balaban J connectivity index is 2.31. The van der Waals surface area contributed by atoms with Crippen molar-refractivity contribution in [3.63, 3.8) is 0 Å². The quantitative estimate of drug-likeness (QED) is 0.882. The van der Waals surface area contributed by atoms with Crippen LogP contribution in [-0.4, -0.2) is 6.54 Å². The molecule has 2 nitrogen and oxygen atoms in total. The molecule has 0 saturated heterocycles. The zero-order chi connectivity index (χ0) is 13.8. The number of hydrogen-bond donors (Lipinski definition) is 2. The van der Waals surface area contributed by atoms with Crippen molar-refractivity contribution in [3.05, 3.63) is 64.2 Å². The zero-order valence-corrected chi connectivity index (χ0v) is 12.0. The van der Waals surface area contributed by atoms with Crippen LogP contribution in [0.2, 0.25) is 5.02 Å². The third-order valence-electron chi connectivity index (χ3n) is 3.46. The monoisotopic (exact) mass is 274 g/mol. The maximum Gasteiger partial charge on any atom is 0.0639 e. The summed E-state index contributed by atoms with van der Waals surface area (Å²) in [6.45, 7) is 4.76. The molecule has 2 aromatic carbocycles. The first-order chi connectivity index (χ1) is 9.13. The number of nitrogens with one attached hydrogen (secondary N) is 1. The summed E-state index contributed by atoms with van der Waals surface area (Å²) in [6.07, 6.45) is 0. The molecule has 0 fully saturated rings. The summed E-state index contributed by atoms with van der Waals surface area (Å²) < 4.78 is 0. The fourth-order valence-corrected chi connectivity index (χ4v) is 2.37. The van der Waals surface area contributed by atoms with Crippen LogP contribution in [0.5, 0.6) is 0 Å². The number of para-hydroxylation sites is 1. The van der Waals surface area contributed by atoms with Crippen LogP contribution in [0.1, 0.15) is 22.7 Å². The van der Waals surface area contributed by atoms with Gasteiger partial charge in [-0.25, -0.2) is 0 Å². The molecule has 2 rings (SSSR count). The largest absolute Gasteiger partial charge is 0.376 e. The van der Waals surface area contributed by atoms with Gasteiger partial charge < -0.3 is 11.1 Å². The minimum absolute atomic E-state index is 0.0693. The van der Waals surface area contributed by atoms with Gasteiger partial charge in [0.05, 0.1) is 16.8 Å². The predicted molar refractivity (Wildman–Crippen MR) is 82.8 cm³/mol. The zero-order valence-electron chi connectivity index (χ0n) is 11.3. The molecule has 0 amide bonds. The molecule has 0 aromatic heterocycles. The Labute approximate surface area is 119 Å². The van der Waals surface area contributed by atoms with Crippen molar-refractivity contribution in [2.75, 3.05) is 11.9 Å². The first-order valence-electron chi connectivity index (χ1n) is 6.40. The molecule has 19 heavy (non-hydrogen) atoms. The van der Waals surface area contributed by atoms with E-state index in [-0.39, 0.29) is 6.04 Å². The van der Waals surface area contributed by atoms with Gasteiger partial charge in [-0.3, -0.25) is 0 Å². The van der Waals surface area contributed by atoms with Crippen molar-refractivity contribution in [2.45, 2.75) is 19.9 Å². The van der Waals surface area contributed by atoms with Gasteiger partial charge in [0.1, 0.15) is 0 Å². The highest BCUT2D eigenvalue weighted by Gasteiger charge is 2.13. The third kappa shape index (κ3) is 3.09. The predicted octanol–water partition coefficient (Wildman–Crippen LogP) is 4.07. The lowest BCUT2D eigenvalue weighted by Crippen LogP contribution is -2.21. The summed E-state index contributed by atoms with van der Waals surface area (Å²) >= 11 is 6.18. The van der Waals surface area contributed by atoms with Crippen LogP contribution in [0.15, 0.2) is 42.5 Å². The van der Waals surface area contributed by atoms with Crippen molar-refractivity contribution in [2.24, 2.45) is 5.73 Å². The average molecular weight is 275 g/mol. The number of anilines is 1. The second-order valence-electron chi connectivity index (χ2n) is 4.70. The molecule has 0 heterocycles. The highest BCUT2D eigenvalue weighted by Crippen LogP contribution is 2.27. The standard InChI is InChI=1S/C16H19ClN2/c1-11-6-5-7-13(12(11)2)16(10-18)19-15-9-4-3-8-14(15)17/h3-9,16,19H,10,18H2,1-2H3. The second kappa shape index (κ2) is 6.09. The normalized spacial score (nSPS) is 12.2. The highest BCUT2D eigenvalue weighted by atomic mass is 35.5. The molecular formula is C16H19ClN2. The Morgan fingerprint density at radius 2 is 1.84 bits per heavy atom. The molecule has 1 atom stereocenters. The van der Waals surface area contributed by atoms with Gasteiger partial charge in [-0.2, -0.15) is 0 Å². The van der Waals surface area contributed by atoms with E-state index in [0.717, 1.165) is 5.69 Å². The lowest BCUT2D eigenvalue weighted by molar-refractivity contribution is 0.782. The topological polar surface area (TPSA) is 38.0 Å².